The molecule has 192 valence electrons. The van der Waals surface area contributed by atoms with Crippen LogP contribution in [0.2, 0.25) is 5.02 Å². The number of nitrogen functional groups attached to an aromatic ring is 1. The van der Waals surface area contributed by atoms with Crippen LogP contribution in [0.3, 0.4) is 0 Å². The lowest BCUT2D eigenvalue weighted by Crippen LogP contribution is -2.44. The maximum absolute atomic E-state index is 12.5. The van der Waals surface area contributed by atoms with E-state index in [4.69, 9.17) is 28.6 Å². The lowest BCUT2D eigenvalue weighted by molar-refractivity contribution is -0.123. The minimum Gasteiger partial charge on any atom is -0.491 e. The zero-order valence-electron chi connectivity index (χ0n) is 20.1. The van der Waals surface area contributed by atoms with Crippen molar-refractivity contribution < 1.29 is 14.3 Å². The van der Waals surface area contributed by atoms with Gasteiger partial charge >= 0.3 is 6.03 Å². The predicted octanol–water partition coefficient (Wildman–Crippen LogP) is 3.62. The molecule has 3 aromatic rings. The fourth-order valence-corrected chi connectivity index (χ4v) is 3.42. The van der Waals surface area contributed by atoms with E-state index in [0.717, 1.165) is 5.56 Å². The Kier molecular flexibility index (Phi) is 10.0. The number of hydrogen-bond donors (Lipinski definition) is 5. The molecule has 0 radical (unpaired) electrons. The van der Waals surface area contributed by atoms with Crippen molar-refractivity contribution in [1.82, 2.24) is 20.6 Å². The van der Waals surface area contributed by atoms with E-state index in [-0.39, 0.29) is 23.6 Å². The fraction of sp³-hybridized carbons (Fsp3) is 0.240. The average molecular weight is 523 g/mol. The molecule has 0 saturated carbocycles. The summed E-state index contributed by atoms with van der Waals surface area (Å²) in [7, 11) is 1.74. The molecule has 3 rings (SSSR count). The first-order chi connectivity index (χ1) is 17.9. The number of nitrogens with zero attached hydrogens (tertiary/aromatic N) is 3. The number of hydrogen-bond acceptors (Lipinski definition) is 7. The van der Waals surface area contributed by atoms with Crippen LogP contribution < -0.4 is 31.7 Å². The first-order valence-electron chi connectivity index (χ1n) is 11.4. The first kappa shape index (κ1) is 27.2. The number of likely N-dealkylation sites (N-methyl/N-ethyl adjacent to an activating group) is 1. The van der Waals surface area contributed by atoms with Gasteiger partial charge in [-0.1, -0.05) is 30.3 Å². The molecule has 1 heterocycles. The van der Waals surface area contributed by atoms with Gasteiger partial charge in [0.1, 0.15) is 5.75 Å². The van der Waals surface area contributed by atoms with Crippen molar-refractivity contribution in [2.75, 3.05) is 36.6 Å². The van der Waals surface area contributed by atoms with Crippen molar-refractivity contribution in [3.05, 3.63) is 76.9 Å². The molecule has 0 aliphatic rings. The monoisotopic (exact) mass is 522 g/mol. The van der Waals surface area contributed by atoms with Crippen LogP contribution in [0.15, 0.2) is 54.9 Å². The predicted molar refractivity (Wildman–Crippen MR) is 143 cm³/mol. The Morgan fingerprint density at radius 1 is 1.14 bits per heavy atom. The summed E-state index contributed by atoms with van der Waals surface area (Å²) in [6, 6.07) is 11.3. The van der Waals surface area contributed by atoms with E-state index in [9.17, 15) is 9.59 Å². The third kappa shape index (κ3) is 8.64. The van der Waals surface area contributed by atoms with E-state index in [1.54, 1.807) is 25.2 Å². The van der Waals surface area contributed by atoms with Gasteiger partial charge in [-0.05, 0) is 55.8 Å². The van der Waals surface area contributed by atoms with E-state index in [1.807, 2.05) is 24.3 Å². The number of amides is 3. The zero-order chi connectivity index (χ0) is 26.6. The van der Waals surface area contributed by atoms with E-state index in [2.05, 4.69) is 36.1 Å². The van der Waals surface area contributed by atoms with E-state index in [0.29, 0.717) is 48.1 Å². The van der Waals surface area contributed by atoms with Gasteiger partial charge in [-0.15, -0.1) is 4.98 Å². The largest absolute Gasteiger partial charge is 0.491 e. The molecule has 6 N–H and O–H groups in total. The van der Waals surface area contributed by atoms with Crippen molar-refractivity contribution in [1.29, 1.82) is 0 Å². The topological polar surface area (TPSA) is 148 Å². The van der Waals surface area contributed by atoms with Gasteiger partial charge < -0.3 is 31.3 Å². The Balaban J connectivity index is 1.46. The number of ether oxygens (including phenoxy) is 1. The highest BCUT2D eigenvalue weighted by Crippen LogP contribution is 2.28. The Bertz CT molecular complexity index is 1250. The molecule has 0 aliphatic carbocycles. The van der Waals surface area contributed by atoms with Crippen LogP contribution in [-0.4, -0.2) is 48.1 Å². The van der Waals surface area contributed by atoms with E-state index in [1.165, 1.54) is 12.4 Å². The molecule has 0 spiro atoms. The van der Waals surface area contributed by atoms with Crippen LogP contribution >= 0.6 is 11.6 Å². The van der Waals surface area contributed by atoms with Gasteiger partial charge in [0.15, 0.2) is 12.0 Å². The summed E-state index contributed by atoms with van der Waals surface area (Å²) in [5.41, 5.74) is 7.76. The van der Waals surface area contributed by atoms with Crippen molar-refractivity contribution >= 4 is 46.5 Å². The molecule has 2 aromatic carbocycles. The minimum atomic E-state index is -0.580. The number of nitrogens with one attached hydrogen (secondary N) is 4. The third-order valence-electron chi connectivity index (χ3n) is 5.15. The number of rotatable bonds is 11. The van der Waals surface area contributed by atoms with Gasteiger partial charge in [0.05, 0.1) is 24.5 Å². The number of anilines is 3. The van der Waals surface area contributed by atoms with Crippen LogP contribution in [-0.2, 0) is 11.2 Å². The maximum Gasteiger partial charge on any atom is 0.325 e. The van der Waals surface area contributed by atoms with Crippen LogP contribution in [0.25, 0.3) is 4.85 Å². The zero-order valence-corrected chi connectivity index (χ0v) is 20.9. The fourth-order valence-electron chi connectivity index (χ4n) is 3.24. The van der Waals surface area contributed by atoms with Gasteiger partial charge in [0.25, 0.3) is 5.82 Å². The highest BCUT2D eigenvalue weighted by molar-refractivity contribution is 6.31. The van der Waals surface area contributed by atoms with Crippen LogP contribution in [0.4, 0.5) is 27.8 Å². The van der Waals surface area contributed by atoms with Gasteiger partial charge in [0, 0.05) is 17.3 Å². The van der Waals surface area contributed by atoms with Crippen molar-refractivity contribution in [3.8, 4) is 5.75 Å². The molecule has 1 unspecified atom stereocenters. The first-order valence-corrected chi connectivity index (χ1v) is 11.7. The molecular formula is C25H27ClN8O3. The summed E-state index contributed by atoms with van der Waals surface area (Å²) >= 11 is 6.08. The molecule has 1 aromatic heterocycles. The van der Waals surface area contributed by atoms with Crippen LogP contribution in [0.1, 0.15) is 12.0 Å². The molecule has 1 atom stereocenters. The second-order valence-electron chi connectivity index (χ2n) is 7.87. The van der Waals surface area contributed by atoms with Crippen molar-refractivity contribution in [2.24, 2.45) is 0 Å². The van der Waals surface area contributed by atoms with Crippen LogP contribution in [0, 0.1) is 6.57 Å². The van der Waals surface area contributed by atoms with Crippen molar-refractivity contribution in [3.63, 3.8) is 0 Å². The number of nitrogens with two attached hydrogens (primary N) is 1. The van der Waals surface area contributed by atoms with Crippen molar-refractivity contribution in [2.45, 2.75) is 18.9 Å². The van der Waals surface area contributed by atoms with E-state index < -0.39 is 6.03 Å². The van der Waals surface area contributed by atoms with E-state index >= 15 is 0 Å². The lowest BCUT2D eigenvalue weighted by atomic mass is 10.1. The lowest BCUT2D eigenvalue weighted by Gasteiger charge is -2.17. The standard InChI is InChI=1S/C25H27ClN8O3/c1-28-20(12-16-4-7-18(27)8-5-16)24(35)30-10-3-11-37-21-9-6-17(26)13-19(21)33-25(36)34-23-15-31-22(29-2)14-32-23/h4-9,13-15,20,28H,3,10-12,27H2,1H3,(H,30,35)(H2,32,33,34,36). The number of carbonyl (C=O) groups excluding carboxylic acids is 2. The average Bonchev–Trinajstić information content (AvgIpc) is 2.89. The molecule has 3 amide bonds. The quantitative estimate of drug-likeness (QED) is 0.147. The summed E-state index contributed by atoms with van der Waals surface area (Å²) in [5, 5.41) is 11.5. The summed E-state index contributed by atoms with van der Waals surface area (Å²) in [6.07, 6.45) is 3.62. The molecule has 0 aliphatic heterocycles. The molecule has 37 heavy (non-hydrogen) atoms. The Morgan fingerprint density at radius 2 is 1.92 bits per heavy atom. The molecule has 0 saturated heterocycles. The molecule has 11 nitrogen and oxygen atoms in total. The van der Waals surface area contributed by atoms with Gasteiger partial charge in [-0.25, -0.2) is 9.78 Å². The van der Waals surface area contributed by atoms with Crippen LogP contribution in [0.5, 0.6) is 5.75 Å². The number of halogens is 1. The number of carbonyl (C=O) groups is 2. The maximum atomic E-state index is 12.5. The highest BCUT2D eigenvalue weighted by Gasteiger charge is 2.16. The number of aromatic nitrogens is 2. The number of urea groups is 1. The molecule has 0 fully saturated rings. The van der Waals surface area contributed by atoms with Gasteiger partial charge in [-0.3, -0.25) is 10.1 Å². The third-order valence-corrected chi connectivity index (χ3v) is 5.38. The van der Waals surface area contributed by atoms with Gasteiger partial charge in [-0.2, -0.15) is 0 Å². The Labute approximate surface area is 219 Å². The summed E-state index contributed by atoms with van der Waals surface area (Å²) in [6.45, 7) is 7.60. The SMILES string of the molecule is [C-]#[N+]c1cnc(NC(=O)Nc2cc(Cl)ccc2OCCCNC(=O)C(Cc2ccc(N)cc2)NC)cn1. The number of benzene rings is 2. The van der Waals surface area contributed by atoms with Gasteiger partial charge in [0.2, 0.25) is 5.91 Å². The molecular weight excluding hydrogens is 496 g/mol. The Morgan fingerprint density at radius 3 is 2.59 bits per heavy atom. The summed E-state index contributed by atoms with van der Waals surface area (Å²) in [5.74, 6) is 0.603. The Hall–Kier alpha value is -4.40. The second-order valence-corrected chi connectivity index (χ2v) is 8.31. The summed E-state index contributed by atoms with van der Waals surface area (Å²) < 4.78 is 5.81. The normalized spacial score (nSPS) is 11.2. The minimum absolute atomic E-state index is 0.114. The second kappa shape index (κ2) is 13.6. The molecule has 0 bridgehead atoms. The molecule has 12 heteroatoms. The highest BCUT2D eigenvalue weighted by atomic mass is 35.5. The summed E-state index contributed by atoms with van der Waals surface area (Å²) in [4.78, 5) is 35.9. The smallest absolute Gasteiger partial charge is 0.325 e.